The minimum atomic E-state index is -0.918. The van der Waals surface area contributed by atoms with E-state index in [9.17, 15) is 5.11 Å². The summed E-state index contributed by atoms with van der Waals surface area (Å²) in [6.07, 6.45) is 0.997. The third-order valence-electron chi connectivity index (χ3n) is 2.63. The Labute approximate surface area is 107 Å². The molecule has 17 heavy (non-hydrogen) atoms. The van der Waals surface area contributed by atoms with E-state index in [0.29, 0.717) is 5.75 Å². The molecule has 0 fully saturated rings. The van der Waals surface area contributed by atoms with Gasteiger partial charge in [-0.25, -0.2) is 0 Å². The van der Waals surface area contributed by atoms with Crippen molar-refractivity contribution in [2.75, 3.05) is 31.8 Å². The number of ether oxygens (including phenoxy) is 1. The van der Waals surface area contributed by atoms with Crippen LogP contribution in [0.1, 0.15) is 12.0 Å². The minimum Gasteiger partial charge on any atom is -0.385 e. The van der Waals surface area contributed by atoms with Crippen LogP contribution in [0.5, 0.6) is 0 Å². The molecule has 0 bridgehead atoms. The van der Waals surface area contributed by atoms with E-state index in [1.54, 1.807) is 18.9 Å². The van der Waals surface area contributed by atoms with Crippen LogP contribution in [0, 0.1) is 0 Å². The fraction of sp³-hybridized carbons (Fsp3) is 0.538. The summed E-state index contributed by atoms with van der Waals surface area (Å²) in [6.45, 7) is 1.01. The standard InChI is InChI=1S/C13H21NO2S/c1-16-8-5-9-17-11-13(15,10-14)12-6-3-2-4-7-12/h2-4,6-7,15H,5,8-11,14H2,1H3. The minimum absolute atomic E-state index is 0.244. The molecular formula is C13H21NO2S. The first-order valence-corrected chi connectivity index (χ1v) is 6.93. The summed E-state index contributed by atoms with van der Waals surface area (Å²) >= 11 is 1.71. The van der Waals surface area contributed by atoms with Gasteiger partial charge in [0.05, 0.1) is 0 Å². The molecule has 1 rings (SSSR count). The first kappa shape index (κ1) is 14.5. The molecule has 4 heteroatoms. The lowest BCUT2D eigenvalue weighted by molar-refractivity contribution is 0.0721. The molecule has 1 aromatic carbocycles. The zero-order chi connectivity index (χ0) is 12.6. The van der Waals surface area contributed by atoms with E-state index in [1.807, 2.05) is 30.3 Å². The molecule has 3 N–H and O–H groups in total. The van der Waals surface area contributed by atoms with Gasteiger partial charge in [0.15, 0.2) is 0 Å². The highest BCUT2D eigenvalue weighted by molar-refractivity contribution is 7.99. The van der Waals surface area contributed by atoms with Crippen molar-refractivity contribution in [3.05, 3.63) is 35.9 Å². The van der Waals surface area contributed by atoms with Crippen molar-refractivity contribution in [1.29, 1.82) is 0 Å². The highest BCUT2D eigenvalue weighted by atomic mass is 32.2. The monoisotopic (exact) mass is 255 g/mol. The normalized spacial score (nSPS) is 14.5. The van der Waals surface area contributed by atoms with Crippen LogP contribution in [0.2, 0.25) is 0 Å². The molecule has 0 amide bonds. The van der Waals surface area contributed by atoms with Crippen LogP contribution in [-0.4, -0.2) is 36.9 Å². The zero-order valence-electron chi connectivity index (χ0n) is 10.3. The Kier molecular flexibility index (Phi) is 6.58. The Morgan fingerprint density at radius 3 is 2.65 bits per heavy atom. The number of nitrogens with two attached hydrogens (primary N) is 1. The first-order valence-electron chi connectivity index (χ1n) is 5.77. The topological polar surface area (TPSA) is 55.5 Å². The lowest BCUT2D eigenvalue weighted by atomic mass is 9.96. The molecule has 0 saturated carbocycles. The van der Waals surface area contributed by atoms with E-state index in [4.69, 9.17) is 10.5 Å². The third-order valence-corrected chi connectivity index (χ3v) is 3.89. The smallest absolute Gasteiger partial charge is 0.111 e. The number of hydrogen-bond acceptors (Lipinski definition) is 4. The fourth-order valence-electron chi connectivity index (χ4n) is 1.55. The summed E-state index contributed by atoms with van der Waals surface area (Å²) in [7, 11) is 1.70. The van der Waals surface area contributed by atoms with Crippen molar-refractivity contribution < 1.29 is 9.84 Å². The van der Waals surface area contributed by atoms with Gasteiger partial charge in [-0.3, -0.25) is 0 Å². The molecule has 0 aliphatic rings. The van der Waals surface area contributed by atoms with E-state index >= 15 is 0 Å². The number of methoxy groups -OCH3 is 1. The van der Waals surface area contributed by atoms with Gasteiger partial charge in [-0.05, 0) is 17.7 Å². The molecule has 1 aromatic rings. The molecule has 1 atom stereocenters. The second-order valence-electron chi connectivity index (χ2n) is 4.00. The molecule has 0 spiro atoms. The third kappa shape index (κ3) is 4.68. The Morgan fingerprint density at radius 2 is 2.06 bits per heavy atom. The van der Waals surface area contributed by atoms with Crippen molar-refractivity contribution in [3.63, 3.8) is 0 Å². The first-order chi connectivity index (χ1) is 8.23. The largest absolute Gasteiger partial charge is 0.385 e. The van der Waals surface area contributed by atoms with E-state index < -0.39 is 5.60 Å². The van der Waals surface area contributed by atoms with Gasteiger partial charge in [0, 0.05) is 26.0 Å². The van der Waals surface area contributed by atoms with Crippen molar-refractivity contribution >= 4 is 11.8 Å². The number of hydrogen-bond donors (Lipinski definition) is 2. The molecule has 0 saturated heterocycles. The van der Waals surface area contributed by atoms with Gasteiger partial charge in [-0.2, -0.15) is 11.8 Å². The van der Waals surface area contributed by atoms with Gasteiger partial charge in [-0.15, -0.1) is 0 Å². The van der Waals surface area contributed by atoms with Gasteiger partial charge in [0.1, 0.15) is 5.60 Å². The van der Waals surface area contributed by atoms with Gasteiger partial charge in [0.25, 0.3) is 0 Å². The Hall–Kier alpha value is -0.550. The van der Waals surface area contributed by atoms with Crippen molar-refractivity contribution in [3.8, 4) is 0 Å². The predicted molar refractivity (Wildman–Crippen MR) is 73.2 cm³/mol. The Morgan fingerprint density at radius 1 is 1.35 bits per heavy atom. The Balaban J connectivity index is 2.46. The lowest BCUT2D eigenvalue weighted by Gasteiger charge is -2.26. The molecule has 96 valence electrons. The SMILES string of the molecule is COCCCSCC(O)(CN)c1ccccc1. The van der Waals surface area contributed by atoms with Crippen LogP contribution in [0.15, 0.2) is 30.3 Å². The molecule has 0 aliphatic carbocycles. The fourth-order valence-corrected chi connectivity index (χ4v) is 2.64. The van der Waals surface area contributed by atoms with Crippen LogP contribution < -0.4 is 5.73 Å². The average Bonchev–Trinajstić information content (AvgIpc) is 2.39. The van der Waals surface area contributed by atoms with E-state index in [1.165, 1.54) is 0 Å². The van der Waals surface area contributed by atoms with Crippen LogP contribution in [0.4, 0.5) is 0 Å². The van der Waals surface area contributed by atoms with Crippen LogP contribution in [0.3, 0.4) is 0 Å². The molecular weight excluding hydrogens is 234 g/mol. The molecule has 0 aliphatic heterocycles. The molecule has 0 radical (unpaired) electrons. The van der Waals surface area contributed by atoms with Gasteiger partial charge in [0.2, 0.25) is 0 Å². The van der Waals surface area contributed by atoms with Crippen LogP contribution in [-0.2, 0) is 10.3 Å². The summed E-state index contributed by atoms with van der Waals surface area (Å²) in [5.41, 5.74) is 5.66. The summed E-state index contributed by atoms with van der Waals surface area (Å²) in [5, 5.41) is 10.5. The van der Waals surface area contributed by atoms with E-state index in [-0.39, 0.29) is 6.54 Å². The molecule has 0 heterocycles. The maximum atomic E-state index is 10.5. The van der Waals surface area contributed by atoms with Gasteiger partial charge in [-0.1, -0.05) is 30.3 Å². The lowest BCUT2D eigenvalue weighted by Crippen LogP contribution is -2.37. The van der Waals surface area contributed by atoms with Gasteiger partial charge < -0.3 is 15.6 Å². The van der Waals surface area contributed by atoms with Crippen LogP contribution >= 0.6 is 11.8 Å². The second-order valence-corrected chi connectivity index (χ2v) is 5.11. The number of rotatable bonds is 8. The molecule has 1 unspecified atom stereocenters. The Bertz CT molecular complexity index is 308. The average molecular weight is 255 g/mol. The summed E-state index contributed by atoms with van der Waals surface area (Å²) in [4.78, 5) is 0. The quantitative estimate of drug-likeness (QED) is 0.693. The maximum absolute atomic E-state index is 10.5. The number of aliphatic hydroxyl groups is 1. The van der Waals surface area contributed by atoms with Crippen molar-refractivity contribution in [2.45, 2.75) is 12.0 Å². The van der Waals surface area contributed by atoms with Crippen molar-refractivity contribution in [2.24, 2.45) is 5.73 Å². The van der Waals surface area contributed by atoms with Crippen molar-refractivity contribution in [1.82, 2.24) is 0 Å². The molecule has 0 aromatic heterocycles. The van der Waals surface area contributed by atoms with E-state index in [2.05, 4.69) is 0 Å². The van der Waals surface area contributed by atoms with Gasteiger partial charge >= 0.3 is 0 Å². The number of thioether (sulfide) groups is 1. The summed E-state index contributed by atoms with van der Waals surface area (Å²) in [5.74, 6) is 1.60. The summed E-state index contributed by atoms with van der Waals surface area (Å²) < 4.78 is 4.98. The second kappa shape index (κ2) is 7.71. The highest BCUT2D eigenvalue weighted by Crippen LogP contribution is 2.24. The summed E-state index contributed by atoms with van der Waals surface area (Å²) in [6, 6.07) is 9.62. The highest BCUT2D eigenvalue weighted by Gasteiger charge is 2.26. The predicted octanol–water partition coefficient (Wildman–Crippen LogP) is 1.60. The van der Waals surface area contributed by atoms with E-state index in [0.717, 1.165) is 24.3 Å². The maximum Gasteiger partial charge on any atom is 0.111 e. The number of benzene rings is 1. The zero-order valence-corrected chi connectivity index (χ0v) is 11.1. The van der Waals surface area contributed by atoms with Crippen LogP contribution in [0.25, 0.3) is 0 Å². The molecule has 3 nitrogen and oxygen atoms in total.